The van der Waals surface area contributed by atoms with E-state index < -0.39 is 0 Å². The van der Waals surface area contributed by atoms with E-state index in [0.29, 0.717) is 11.3 Å². The monoisotopic (exact) mass is 234 g/mol. The van der Waals surface area contributed by atoms with Crippen molar-refractivity contribution in [3.63, 3.8) is 0 Å². The van der Waals surface area contributed by atoms with Crippen LogP contribution in [-0.2, 0) is 4.74 Å². The van der Waals surface area contributed by atoms with Crippen LogP contribution in [0.2, 0.25) is 0 Å². The molecule has 3 aliphatic carbocycles. The molecule has 1 saturated heterocycles. The molecular formula is C15H22O2. The molecule has 0 aromatic heterocycles. The Morgan fingerprint density at radius 1 is 1.35 bits per heavy atom. The van der Waals surface area contributed by atoms with E-state index in [0.717, 1.165) is 18.8 Å². The lowest BCUT2D eigenvalue weighted by Crippen LogP contribution is -2.54. The second kappa shape index (κ2) is 2.65. The van der Waals surface area contributed by atoms with Gasteiger partial charge in [-0.05, 0) is 56.4 Å². The molecule has 0 aromatic carbocycles. The molecule has 0 amide bonds. The number of rotatable bonds is 0. The summed E-state index contributed by atoms with van der Waals surface area (Å²) < 4.78 is 6.40. The summed E-state index contributed by atoms with van der Waals surface area (Å²) in [6.45, 7) is 6.72. The third-order valence-electron chi connectivity index (χ3n) is 6.52. The van der Waals surface area contributed by atoms with Crippen LogP contribution in [0.15, 0.2) is 11.6 Å². The first-order valence-electron chi connectivity index (χ1n) is 7.02. The normalized spacial score (nSPS) is 63.8. The zero-order valence-corrected chi connectivity index (χ0v) is 11.0. The fraction of sp³-hybridized carbons (Fsp3) is 0.867. The maximum atomic E-state index is 10.6. The molecule has 1 heterocycles. The highest BCUT2D eigenvalue weighted by atomic mass is 16.5. The van der Waals surface area contributed by atoms with Gasteiger partial charge in [0.25, 0.3) is 0 Å². The largest absolute Gasteiger partial charge is 0.389 e. The summed E-state index contributed by atoms with van der Waals surface area (Å²) in [5.74, 6) is 1.08. The Morgan fingerprint density at radius 2 is 2.12 bits per heavy atom. The Bertz CT molecular complexity index is 429. The molecule has 2 saturated carbocycles. The maximum Gasteiger partial charge on any atom is 0.114 e. The van der Waals surface area contributed by atoms with Crippen molar-refractivity contribution < 1.29 is 9.84 Å². The van der Waals surface area contributed by atoms with Gasteiger partial charge < -0.3 is 9.84 Å². The van der Waals surface area contributed by atoms with Gasteiger partial charge >= 0.3 is 0 Å². The van der Waals surface area contributed by atoms with E-state index in [9.17, 15) is 5.11 Å². The highest BCUT2D eigenvalue weighted by Gasteiger charge is 2.71. The molecule has 3 fully saturated rings. The summed E-state index contributed by atoms with van der Waals surface area (Å²) in [5, 5.41) is 10.6. The zero-order valence-electron chi connectivity index (χ0n) is 11.0. The number of hydrogen-bond donors (Lipinski definition) is 1. The van der Waals surface area contributed by atoms with E-state index in [2.05, 4.69) is 26.8 Å². The number of aliphatic hydroxyl groups is 1. The van der Waals surface area contributed by atoms with Crippen LogP contribution in [0.25, 0.3) is 0 Å². The van der Waals surface area contributed by atoms with E-state index in [4.69, 9.17) is 4.74 Å². The molecule has 4 rings (SSSR count). The van der Waals surface area contributed by atoms with E-state index in [1.807, 2.05) is 0 Å². The fourth-order valence-electron chi connectivity index (χ4n) is 5.46. The SMILES string of the molecule is C[C@@H]1CC=C2[C@]13CC[C@]1(C)O[C@]2(C)C(O)[C@H]1C3. The smallest absolute Gasteiger partial charge is 0.114 e. The van der Waals surface area contributed by atoms with Crippen molar-refractivity contribution in [2.75, 3.05) is 0 Å². The van der Waals surface area contributed by atoms with Gasteiger partial charge in [-0.1, -0.05) is 13.0 Å². The van der Waals surface area contributed by atoms with Crippen LogP contribution in [0.5, 0.6) is 0 Å². The molecule has 0 aromatic rings. The average molecular weight is 234 g/mol. The summed E-state index contributed by atoms with van der Waals surface area (Å²) in [5.41, 5.74) is 1.32. The van der Waals surface area contributed by atoms with Crippen molar-refractivity contribution in [3.05, 3.63) is 11.6 Å². The van der Waals surface area contributed by atoms with Gasteiger partial charge in [-0.3, -0.25) is 0 Å². The van der Waals surface area contributed by atoms with Gasteiger partial charge in [0.1, 0.15) is 5.60 Å². The molecule has 2 heteroatoms. The van der Waals surface area contributed by atoms with Crippen molar-refractivity contribution in [2.45, 2.75) is 63.8 Å². The molecule has 2 nitrogen and oxygen atoms in total. The van der Waals surface area contributed by atoms with E-state index in [1.165, 1.54) is 18.4 Å². The highest BCUT2D eigenvalue weighted by molar-refractivity contribution is 5.40. The van der Waals surface area contributed by atoms with Gasteiger partial charge in [0, 0.05) is 5.92 Å². The summed E-state index contributed by atoms with van der Waals surface area (Å²) in [6, 6.07) is 0. The molecule has 1 spiro atoms. The second-order valence-electron chi connectivity index (χ2n) is 7.19. The zero-order chi connectivity index (χ0) is 12.1. The standard InChI is InChI=1S/C15H22O2/c1-9-4-5-11-14(3)12(16)10-8-15(9,11)7-6-13(10,2)17-14/h5,9-10,12,16H,4,6-8H2,1-3H3/t9-,10-,12?,13+,14+,15+/m1/s1. The Balaban J connectivity index is 1.95. The molecule has 1 unspecified atom stereocenters. The molecule has 0 radical (unpaired) electrons. The number of fused-ring (bicyclic) bond motifs is 2. The van der Waals surface area contributed by atoms with Crippen molar-refractivity contribution >= 4 is 0 Å². The van der Waals surface area contributed by atoms with Crippen LogP contribution in [-0.4, -0.2) is 22.4 Å². The summed E-state index contributed by atoms with van der Waals surface area (Å²) in [6.07, 6.45) is 6.78. The van der Waals surface area contributed by atoms with Crippen molar-refractivity contribution in [3.8, 4) is 0 Å². The Kier molecular flexibility index (Phi) is 1.65. The first-order chi connectivity index (χ1) is 7.92. The molecule has 1 N–H and O–H groups in total. The van der Waals surface area contributed by atoms with Crippen molar-refractivity contribution in [1.82, 2.24) is 0 Å². The molecule has 17 heavy (non-hydrogen) atoms. The number of allylic oxidation sites excluding steroid dienone is 1. The molecule has 3 bridgehead atoms. The molecule has 4 aliphatic rings. The first kappa shape index (κ1) is 10.6. The minimum atomic E-state index is -0.390. The molecular weight excluding hydrogens is 212 g/mol. The minimum Gasteiger partial charge on any atom is -0.389 e. The summed E-state index contributed by atoms with van der Waals surface area (Å²) in [7, 11) is 0. The third kappa shape index (κ3) is 0.910. The van der Waals surface area contributed by atoms with Gasteiger partial charge in [-0.25, -0.2) is 0 Å². The second-order valence-corrected chi connectivity index (χ2v) is 7.19. The number of aliphatic hydroxyl groups excluding tert-OH is 1. The molecule has 94 valence electrons. The number of ether oxygens (including phenoxy) is 1. The van der Waals surface area contributed by atoms with Crippen LogP contribution >= 0.6 is 0 Å². The van der Waals surface area contributed by atoms with Gasteiger partial charge in [-0.15, -0.1) is 0 Å². The third-order valence-corrected chi connectivity index (χ3v) is 6.52. The average Bonchev–Trinajstić information content (AvgIpc) is 2.62. The molecule has 1 aliphatic heterocycles. The Morgan fingerprint density at radius 3 is 2.88 bits per heavy atom. The summed E-state index contributed by atoms with van der Waals surface area (Å²) in [4.78, 5) is 0. The lowest BCUT2D eigenvalue weighted by Gasteiger charge is -2.52. The van der Waals surface area contributed by atoms with Crippen LogP contribution in [0.3, 0.4) is 0 Å². The minimum absolute atomic E-state index is 0.0791. The quantitative estimate of drug-likeness (QED) is 0.653. The predicted octanol–water partition coefficient (Wildman–Crippen LogP) is 2.66. The van der Waals surface area contributed by atoms with Crippen LogP contribution in [0.4, 0.5) is 0 Å². The maximum absolute atomic E-state index is 10.6. The van der Waals surface area contributed by atoms with E-state index >= 15 is 0 Å². The van der Waals surface area contributed by atoms with E-state index in [1.54, 1.807) is 0 Å². The van der Waals surface area contributed by atoms with Crippen LogP contribution < -0.4 is 0 Å². The van der Waals surface area contributed by atoms with Gasteiger partial charge in [0.05, 0.1) is 11.7 Å². The first-order valence-corrected chi connectivity index (χ1v) is 7.02. The number of hydrogen-bond acceptors (Lipinski definition) is 2. The van der Waals surface area contributed by atoms with Crippen molar-refractivity contribution in [2.24, 2.45) is 17.3 Å². The van der Waals surface area contributed by atoms with Crippen LogP contribution in [0.1, 0.15) is 46.5 Å². The van der Waals surface area contributed by atoms with Gasteiger partial charge in [0.2, 0.25) is 0 Å². The predicted molar refractivity (Wildman–Crippen MR) is 65.5 cm³/mol. The van der Waals surface area contributed by atoms with Crippen molar-refractivity contribution in [1.29, 1.82) is 0 Å². The van der Waals surface area contributed by atoms with E-state index in [-0.39, 0.29) is 17.3 Å². The van der Waals surface area contributed by atoms with Crippen LogP contribution in [0, 0.1) is 17.3 Å². The summed E-state index contributed by atoms with van der Waals surface area (Å²) >= 11 is 0. The lowest BCUT2D eigenvalue weighted by atomic mass is 9.51. The topological polar surface area (TPSA) is 29.5 Å². The Labute approximate surface area is 103 Å². The van der Waals surface area contributed by atoms with Gasteiger partial charge in [-0.2, -0.15) is 0 Å². The fourth-order valence-corrected chi connectivity index (χ4v) is 5.46. The Hall–Kier alpha value is -0.340. The highest BCUT2D eigenvalue weighted by Crippen LogP contribution is 2.70. The molecule has 6 atom stereocenters. The lowest BCUT2D eigenvalue weighted by molar-refractivity contribution is -0.0839. The van der Waals surface area contributed by atoms with Gasteiger partial charge in [0.15, 0.2) is 0 Å².